The van der Waals surface area contributed by atoms with E-state index < -0.39 is 0 Å². The lowest BCUT2D eigenvalue weighted by atomic mass is 9.69. The number of fused-ring (bicyclic) bond motifs is 12. The van der Waals surface area contributed by atoms with Crippen molar-refractivity contribution in [2.75, 3.05) is 0 Å². The van der Waals surface area contributed by atoms with Crippen molar-refractivity contribution in [3.8, 4) is 27.9 Å². The Labute approximate surface area is 291 Å². The molecule has 11 rings (SSSR count). The van der Waals surface area contributed by atoms with E-state index in [1.54, 1.807) is 0 Å². The highest BCUT2D eigenvalue weighted by Gasteiger charge is 2.52. The smallest absolute Gasteiger partial charge is 0.0722 e. The number of rotatable bonds is 3. The summed E-state index contributed by atoms with van der Waals surface area (Å²) in [6, 6.07) is 50.0. The zero-order valence-corrected chi connectivity index (χ0v) is 27.4. The van der Waals surface area contributed by atoms with E-state index in [-0.39, 0.29) is 5.41 Å². The first-order valence-corrected chi connectivity index (χ1v) is 17.6. The fourth-order valence-electron chi connectivity index (χ4n) is 9.32. The highest BCUT2D eigenvalue weighted by atomic mass is 15.0. The minimum Gasteiger partial charge on any atom is -0.309 e. The molecule has 0 atom stereocenters. The molecular weight excluding hydrogens is 603 g/mol. The minimum absolute atomic E-state index is 0.302. The number of para-hydroxylation sites is 1. The zero-order chi connectivity index (χ0) is 32.8. The first kappa shape index (κ1) is 27.6. The van der Waals surface area contributed by atoms with Crippen LogP contribution in [0.15, 0.2) is 181 Å². The van der Waals surface area contributed by atoms with E-state index in [1.807, 2.05) is 12.2 Å². The molecule has 6 aromatic carbocycles. The van der Waals surface area contributed by atoms with Crippen molar-refractivity contribution in [1.82, 2.24) is 4.57 Å². The van der Waals surface area contributed by atoms with Crippen molar-refractivity contribution in [3.05, 3.63) is 209 Å². The van der Waals surface area contributed by atoms with Gasteiger partial charge in [0.05, 0.1) is 16.4 Å². The lowest BCUT2D eigenvalue weighted by Crippen LogP contribution is -2.27. The van der Waals surface area contributed by atoms with Gasteiger partial charge in [0.25, 0.3) is 0 Å². The molecule has 1 heterocycles. The molecule has 0 bridgehead atoms. The molecule has 4 aliphatic rings. The Hall–Kier alpha value is -6.36. The third kappa shape index (κ3) is 3.63. The summed E-state index contributed by atoms with van der Waals surface area (Å²) in [7, 11) is 0. The summed E-state index contributed by atoms with van der Waals surface area (Å²) in [6.45, 7) is 0. The van der Waals surface area contributed by atoms with Gasteiger partial charge < -0.3 is 4.57 Å². The Bertz CT molecular complexity index is 2790. The van der Waals surface area contributed by atoms with Gasteiger partial charge in [-0.05, 0) is 123 Å². The number of allylic oxidation sites excluding steroid dienone is 8. The molecule has 50 heavy (non-hydrogen) atoms. The fraction of sp³-hybridized carbons (Fsp3) is 0.0612. The van der Waals surface area contributed by atoms with Crippen LogP contribution < -0.4 is 0 Å². The van der Waals surface area contributed by atoms with E-state index in [0.29, 0.717) is 0 Å². The summed E-state index contributed by atoms with van der Waals surface area (Å²) in [4.78, 5) is 0. The summed E-state index contributed by atoms with van der Waals surface area (Å²) in [6.07, 6.45) is 13.0. The average Bonchev–Trinajstić information content (AvgIpc) is 3.80. The van der Waals surface area contributed by atoms with E-state index in [0.717, 1.165) is 29.7 Å². The highest BCUT2D eigenvalue weighted by molar-refractivity contribution is 6.10. The lowest BCUT2D eigenvalue weighted by molar-refractivity contribution is 0.781. The van der Waals surface area contributed by atoms with Crippen LogP contribution in [-0.2, 0) is 5.41 Å². The third-order valence-corrected chi connectivity index (χ3v) is 11.3. The predicted molar refractivity (Wildman–Crippen MR) is 207 cm³/mol. The number of aromatic nitrogens is 1. The van der Waals surface area contributed by atoms with Gasteiger partial charge in [0, 0.05) is 22.0 Å². The van der Waals surface area contributed by atoms with E-state index in [2.05, 4.69) is 168 Å². The Morgan fingerprint density at radius 1 is 0.560 bits per heavy atom. The van der Waals surface area contributed by atoms with Crippen LogP contribution >= 0.6 is 0 Å². The van der Waals surface area contributed by atoms with Gasteiger partial charge in [-0.3, -0.25) is 0 Å². The Morgan fingerprint density at radius 3 is 2.16 bits per heavy atom. The molecule has 1 heteroatoms. The molecule has 0 aliphatic heterocycles. The van der Waals surface area contributed by atoms with Crippen molar-refractivity contribution in [1.29, 1.82) is 0 Å². The van der Waals surface area contributed by atoms with Gasteiger partial charge in [0.1, 0.15) is 0 Å². The molecule has 0 radical (unpaired) electrons. The van der Waals surface area contributed by atoms with Crippen molar-refractivity contribution >= 4 is 33.0 Å². The molecule has 0 amide bonds. The SMILES string of the molecule is C1=C=C(c2cccc(-n3c4ccccc4c4cc(-c5ccc6c(c5)C5(C7=C6CCC=C7)c6ccccc6-c6ccccc65)ccc43)c2)C=CC=1. The van der Waals surface area contributed by atoms with Crippen LogP contribution in [0, 0.1) is 0 Å². The predicted octanol–water partition coefficient (Wildman–Crippen LogP) is 12.1. The molecular formula is C49H31N. The fourth-order valence-corrected chi connectivity index (χ4v) is 9.32. The Kier molecular flexibility index (Phi) is 5.69. The second kappa shape index (κ2) is 10.3. The van der Waals surface area contributed by atoms with Crippen LogP contribution in [0.25, 0.3) is 60.9 Å². The van der Waals surface area contributed by atoms with Gasteiger partial charge in [-0.15, -0.1) is 0 Å². The van der Waals surface area contributed by atoms with Crippen molar-refractivity contribution < 1.29 is 0 Å². The van der Waals surface area contributed by atoms with E-state index in [9.17, 15) is 0 Å². The summed E-state index contributed by atoms with van der Waals surface area (Å²) >= 11 is 0. The number of nitrogens with zero attached hydrogens (tertiary/aromatic N) is 1. The minimum atomic E-state index is -0.302. The number of hydrogen-bond donors (Lipinski definition) is 0. The maximum atomic E-state index is 3.28. The number of benzene rings is 6. The summed E-state index contributed by atoms with van der Waals surface area (Å²) in [5.74, 6) is 0. The molecule has 4 aliphatic carbocycles. The summed E-state index contributed by atoms with van der Waals surface area (Å²) in [5.41, 5.74) is 25.6. The van der Waals surface area contributed by atoms with Gasteiger partial charge in [-0.25, -0.2) is 0 Å². The molecule has 0 N–H and O–H groups in total. The maximum Gasteiger partial charge on any atom is 0.0722 e. The highest BCUT2D eigenvalue weighted by Crippen LogP contribution is 2.63. The first-order chi connectivity index (χ1) is 24.8. The number of hydrogen-bond acceptors (Lipinski definition) is 0. The molecule has 0 saturated carbocycles. The summed E-state index contributed by atoms with van der Waals surface area (Å²) < 4.78 is 2.40. The van der Waals surface area contributed by atoms with Crippen molar-refractivity contribution in [2.24, 2.45) is 0 Å². The van der Waals surface area contributed by atoms with Crippen LogP contribution in [0.1, 0.15) is 40.7 Å². The molecule has 1 aromatic heterocycles. The first-order valence-electron chi connectivity index (χ1n) is 17.6. The molecule has 232 valence electrons. The van der Waals surface area contributed by atoms with E-state index >= 15 is 0 Å². The molecule has 0 unspecified atom stereocenters. The monoisotopic (exact) mass is 633 g/mol. The molecule has 0 saturated heterocycles. The van der Waals surface area contributed by atoms with Crippen LogP contribution in [0.2, 0.25) is 0 Å². The lowest BCUT2D eigenvalue weighted by Gasteiger charge is -2.32. The quantitative estimate of drug-likeness (QED) is 0.171. The average molecular weight is 634 g/mol. The van der Waals surface area contributed by atoms with Crippen LogP contribution in [0.5, 0.6) is 0 Å². The molecule has 1 nitrogen and oxygen atoms in total. The van der Waals surface area contributed by atoms with Crippen LogP contribution in [0.3, 0.4) is 0 Å². The van der Waals surface area contributed by atoms with Crippen molar-refractivity contribution in [3.63, 3.8) is 0 Å². The normalized spacial score (nSPS) is 15.9. The van der Waals surface area contributed by atoms with Gasteiger partial charge in [-0.1, -0.05) is 127 Å². The zero-order valence-electron chi connectivity index (χ0n) is 27.4. The van der Waals surface area contributed by atoms with Gasteiger partial charge >= 0.3 is 0 Å². The summed E-state index contributed by atoms with van der Waals surface area (Å²) in [5, 5.41) is 2.52. The van der Waals surface area contributed by atoms with Gasteiger partial charge in [0.15, 0.2) is 0 Å². The molecule has 1 spiro atoms. The second-order valence-electron chi connectivity index (χ2n) is 13.8. The van der Waals surface area contributed by atoms with E-state index in [4.69, 9.17) is 0 Å². The second-order valence-corrected chi connectivity index (χ2v) is 13.8. The third-order valence-electron chi connectivity index (χ3n) is 11.3. The Balaban J connectivity index is 1.12. The maximum absolute atomic E-state index is 3.28. The van der Waals surface area contributed by atoms with Crippen LogP contribution in [-0.4, -0.2) is 4.57 Å². The topological polar surface area (TPSA) is 4.93 Å². The van der Waals surface area contributed by atoms with Crippen molar-refractivity contribution in [2.45, 2.75) is 18.3 Å². The Morgan fingerprint density at radius 2 is 1.32 bits per heavy atom. The van der Waals surface area contributed by atoms with Gasteiger partial charge in [-0.2, -0.15) is 0 Å². The van der Waals surface area contributed by atoms with E-state index in [1.165, 1.54) is 77.5 Å². The standard InChI is InChI=1S/C49H31N/c1-2-13-32(14-3-1)33-15-12-16-36(29-33)50-47-24-11-7-20-41(47)42-30-34(26-28-48(42)50)35-25-27-40-39-19-6-10-23-45(39)49(46(40)31-35)43-21-8-4-17-37(43)38-18-5-9-22-44(38)49/h1-2,4-5,7-13,15-18,20-31H,6,19H2. The molecule has 7 aromatic rings. The van der Waals surface area contributed by atoms with Crippen LogP contribution in [0.4, 0.5) is 0 Å². The van der Waals surface area contributed by atoms with Gasteiger partial charge in [0.2, 0.25) is 0 Å². The molecule has 0 fully saturated rings. The largest absolute Gasteiger partial charge is 0.309 e.